The van der Waals surface area contributed by atoms with Crippen LogP contribution >= 0.6 is 11.6 Å². The van der Waals surface area contributed by atoms with Gasteiger partial charge in [-0.15, -0.1) is 13.2 Å². The fraction of sp³-hybridized carbons (Fsp3) is 0.440. The number of Topliss-reactive ketones (excluding diaryl/α,β-unsaturated/α-hetero) is 1. The van der Waals surface area contributed by atoms with E-state index in [1.54, 1.807) is 24.3 Å². The van der Waals surface area contributed by atoms with E-state index in [0.717, 1.165) is 30.3 Å². The molecule has 3 fully saturated rings. The van der Waals surface area contributed by atoms with Crippen LogP contribution in [0.25, 0.3) is 11.3 Å². The maximum absolute atomic E-state index is 15.2. The number of nitrogens with one attached hydrogen (secondary N) is 1. The number of amides is 2. The van der Waals surface area contributed by atoms with Gasteiger partial charge in [-0.05, 0) is 134 Å². The minimum absolute atomic E-state index is 0.00669. The number of urea groups is 1. The molecule has 3 saturated carbocycles. The van der Waals surface area contributed by atoms with Crippen LogP contribution in [0.2, 0.25) is 5.02 Å². The third-order valence-corrected chi connectivity index (χ3v) is 16.3. The zero-order valence-electron chi connectivity index (χ0n) is 36.4. The standard InChI is InChI=1S/C50H49ClF6N2O7/c1-44-19-16-32(60)25-46(44)22-23-48(36(26-46)42(61)39-15-14-38(65-39)35-24-30(49(52,53)54)6-13-37(35)51)40(44)17-20-45(2)41(48)18-21-47(45,63)28-59(43(62)58-31-7-11-33(64-3)12-8-31)27-29-4-9-34(10-5-29)66-50(55,56)57/h4-15,22-24,26,32,40-41,60,63H,16-21,25,27-28H2,1-3H3,(H,58,62). The van der Waals surface area contributed by atoms with Crippen LogP contribution in [0.15, 0.2) is 107 Å². The number of furan rings is 1. The monoisotopic (exact) mass is 938 g/mol. The second kappa shape index (κ2) is 15.9. The van der Waals surface area contributed by atoms with E-state index in [9.17, 15) is 41.4 Å². The van der Waals surface area contributed by atoms with Crippen molar-refractivity contribution in [3.05, 3.63) is 125 Å². The molecule has 6 aliphatic carbocycles. The van der Waals surface area contributed by atoms with Crippen LogP contribution in [-0.4, -0.2) is 58.6 Å². The number of aliphatic hydroxyl groups is 2. The number of nitrogens with zero attached hydrogens (tertiary/aromatic N) is 1. The number of halogens is 7. The fourth-order valence-electron chi connectivity index (χ4n) is 12.6. The van der Waals surface area contributed by atoms with Crippen molar-refractivity contribution in [2.75, 3.05) is 19.0 Å². The summed E-state index contributed by atoms with van der Waals surface area (Å²) in [7, 11) is 1.51. The van der Waals surface area contributed by atoms with Gasteiger partial charge in [0.15, 0.2) is 5.76 Å². The number of methoxy groups -OCH3 is 1. The molecule has 0 saturated heterocycles. The molecular formula is C50H49ClF6N2O7. The molecule has 2 amide bonds. The first-order chi connectivity index (χ1) is 31.0. The van der Waals surface area contributed by atoms with Gasteiger partial charge >= 0.3 is 18.6 Å². The van der Waals surface area contributed by atoms with Gasteiger partial charge in [-0.25, -0.2) is 4.79 Å². The zero-order chi connectivity index (χ0) is 47.2. The summed E-state index contributed by atoms with van der Waals surface area (Å²) in [5.41, 5.74) is -4.10. The molecule has 8 unspecified atom stereocenters. The van der Waals surface area contributed by atoms with Gasteiger partial charge in [0, 0.05) is 39.6 Å². The van der Waals surface area contributed by atoms with Crippen molar-refractivity contribution in [3.8, 4) is 22.8 Å². The molecule has 3 aromatic carbocycles. The van der Waals surface area contributed by atoms with E-state index in [2.05, 4.69) is 29.1 Å². The smallest absolute Gasteiger partial charge is 0.497 e. The molecule has 10 rings (SSSR count). The molecule has 2 spiro atoms. The van der Waals surface area contributed by atoms with Crippen molar-refractivity contribution in [3.63, 3.8) is 0 Å². The molecular weight excluding hydrogens is 890 g/mol. The van der Waals surface area contributed by atoms with Gasteiger partial charge in [-0.2, -0.15) is 13.2 Å². The quantitative estimate of drug-likeness (QED) is 0.0822. The van der Waals surface area contributed by atoms with Gasteiger partial charge < -0.3 is 34.3 Å². The predicted molar refractivity (Wildman–Crippen MR) is 233 cm³/mol. The first-order valence-electron chi connectivity index (χ1n) is 21.9. The van der Waals surface area contributed by atoms with Crippen molar-refractivity contribution in [2.24, 2.45) is 33.5 Å². The molecule has 4 aromatic rings. The number of aliphatic hydroxyl groups excluding tert-OH is 1. The number of alkyl halides is 6. The van der Waals surface area contributed by atoms with Crippen molar-refractivity contribution in [2.45, 2.75) is 89.6 Å². The Labute approximate surface area is 382 Å². The van der Waals surface area contributed by atoms with E-state index in [1.165, 1.54) is 36.3 Å². The number of ketones is 1. The number of anilines is 1. The average molecular weight is 939 g/mol. The van der Waals surface area contributed by atoms with Crippen LogP contribution in [0, 0.1) is 33.5 Å². The number of benzene rings is 3. The largest absolute Gasteiger partial charge is 0.573 e. The van der Waals surface area contributed by atoms with Crippen molar-refractivity contribution >= 4 is 29.1 Å². The third kappa shape index (κ3) is 7.49. The van der Waals surface area contributed by atoms with Crippen molar-refractivity contribution < 1.29 is 60.0 Å². The summed E-state index contributed by atoms with van der Waals surface area (Å²) in [6.45, 7) is 3.96. The first kappa shape index (κ1) is 45.9. The molecule has 0 radical (unpaired) electrons. The number of hydrogen-bond donors (Lipinski definition) is 3. The van der Waals surface area contributed by atoms with Gasteiger partial charge in [-0.1, -0.05) is 55.8 Å². The molecule has 1 aromatic heterocycles. The third-order valence-electron chi connectivity index (χ3n) is 16.0. The Bertz CT molecular complexity index is 2610. The normalized spacial score (nSPS) is 31.0. The summed E-state index contributed by atoms with van der Waals surface area (Å²) in [5.74, 6) is -0.917. The highest BCUT2D eigenvalue weighted by atomic mass is 35.5. The number of rotatable bonds is 10. The average Bonchev–Trinajstić information content (AvgIpc) is 3.85. The predicted octanol–water partition coefficient (Wildman–Crippen LogP) is 12.0. The van der Waals surface area contributed by atoms with Crippen LogP contribution < -0.4 is 14.8 Å². The Morgan fingerprint density at radius 2 is 1.53 bits per heavy atom. The number of carbonyl (C=O) groups excluding carboxylic acids is 2. The Kier molecular flexibility index (Phi) is 11.1. The van der Waals surface area contributed by atoms with E-state index in [-0.39, 0.29) is 58.9 Å². The number of hydrogen-bond acceptors (Lipinski definition) is 7. The molecule has 16 heteroatoms. The second-order valence-corrected chi connectivity index (χ2v) is 19.6. The summed E-state index contributed by atoms with van der Waals surface area (Å²) in [4.78, 5) is 31.0. The Morgan fingerprint density at radius 3 is 2.21 bits per heavy atom. The van der Waals surface area contributed by atoms with Crippen molar-refractivity contribution in [1.29, 1.82) is 0 Å². The molecule has 1 heterocycles. The van der Waals surface area contributed by atoms with Crippen LogP contribution in [0.3, 0.4) is 0 Å². The summed E-state index contributed by atoms with van der Waals surface area (Å²) < 4.78 is 95.8. The summed E-state index contributed by atoms with van der Waals surface area (Å²) in [5, 5.41) is 27.2. The Morgan fingerprint density at radius 1 is 0.864 bits per heavy atom. The topological polar surface area (TPSA) is 121 Å². The van der Waals surface area contributed by atoms with Crippen LogP contribution in [0.1, 0.15) is 80.5 Å². The Hall–Kier alpha value is -5.25. The number of ether oxygens (including phenoxy) is 2. The van der Waals surface area contributed by atoms with Gasteiger partial charge in [-0.3, -0.25) is 4.79 Å². The molecule has 0 aliphatic heterocycles. The summed E-state index contributed by atoms with van der Waals surface area (Å²) in [6.07, 6.45) is -0.508. The second-order valence-electron chi connectivity index (χ2n) is 19.2. The maximum Gasteiger partial charge on any atom is 0.573 e. The van der Waals surface area contributed by atoms with Crippen LogP contribution in [-0.2, 0) is 12.7 Å². The lowest BCUT2D eigenvalue weighted by Gasteiger charge is -2.71. The highest BCUT2D eigenvalue weighted by Gasteiger charge is 2.74. The maximum atomic E-state index is 15.2. The van der Waals surface area contributed by atoms with Gasteiger partial charge in [0.1, 0.15) is 17.3 Å². The summed E-state index contributed by atoms with van der Waals surface area (Å²) in [6, 6.07) is 17.0. The minimum Gasteiger partial charge on any atom is -0.497 e. The highest BCUT2D eigenvalue weighted by Crippen LogP contribution is 2.78. The number of carbonyl (C=O) groups is 2. The molecule has 66 heavy (non-hydrogen) atoms. The van der Waals surface area contributed by atoms with E-state index >= 15 is 4.79 Å². The van der Waals surface area contributed by atoms with Gasteiger partial charge in [0.25, 0.3) is 0 Å². The van der Waals surface area contributed by atoms with Crippen LogP contribution in [0.4, 0.5) is 36.8 Å². The minimum atomic E-state index is -4.90. The van der Waals surface area contributed by atoms with E-state index in [0.29, 0.717) is 61.1 Å². The molecule has 8 atom stereocenters. The SMILES string of the molecule is COc1ccc(NC(=O)N(Cc2ccc(OC(F)(F)F)cc2)CC2(O)CCC3C45C=CC6(C=C4C(=O)c4ccc(-c7cc(C(F)(F)F)ccc7Cl)o4)CC(O)CCC6(C)C5CCC32C)cc1. The lowest BCUT2D eigenvalue weighted by molar-refractivity contribution is -0.274. The molecule has 9 nitrogen and oxygen atoms in total. The van der Waals surface area contributed by atoms with E-state index in [4.69, 9.17) is 20.8 Å². The fourth-order valence-corrected chi connectivity index (χ4v) is 12.8. The summed E-state index contributed by atoms with van der Waals surface area (Å²) >= 11 is 6.39. The highest BCUT2D eigenvalue weighted by molar-refractivity contribution is 6.33. The van der Waals surface area contributed by atoms with E-state index in [1.807, 2.05) is 13.0 Å². The van der Waals surface area contributed by atoms with Crippen LogP contribution in [0.5, 0.6) is 11.5 Å². The van der Waals surface area contributed by atoms with E-state index < -0.39 is 63.6 Å². The lowest BCUT2D eigenvalue weighted by atomic mass is 9.32. The number of fused-ring (bicyclic) bond motifs is 1. The number of allylic oxidation sites excluding steroid dienone is 4. The molecule has 350 valence electrons. The first-order valence-corrected chi connectivity index (χ1v) is 22.3. The molecule has 6 aliphatic rings. The van der Waals surface area contributed by atoms with Gasteiger partial charge in [0.05, 0.1) is 35.9 Å². The van der Waals surface area contributed by atoms with Crippen molar-refractivity contribution in [1.82, 2.24) is 4.90 Å². The Balaban J connectivity index is 1.08. The van der Waals surface area contributed by atoms with Gasteiger partial charge in [0.2, 0.25) is 5.78 Å². The molecule has 2 bridgehead atoms. The zero-order valence-corrected chi connectivity index (χ0v) is 37.1. The lowest BCUT2D eigenvalue weighted by Crippen LogP contribution is -2.67. The molecule has 3 N–H and O–H groups in total.